The molecule has 0 amide bonds. The maximum atomic E-state index is 12.2. The van der Waals surface area contributed by atoms with Crippen LogP contribution in [0.4, 0.5) is 5.69 Å². The van der Waals surface area contributed by atoms with Gasteiger partial charge in [0.15, 0.2) is 18.1 Å². The summed E-state index contributed by atoms with van der Waals surface area (Å²) < 4.78 is 45.6. The second-order valence-electron chi connectivity index (χ2n) is 7.24. The molecule has 0 aliphatic carbocycles. The molecular weight excluding hydrogens is 508 g/mol. The van der Waals surface area contributed by atoms with Crippen LogP contribution < -0.4 is 14.2 Å². The lowest BCUT2D eigenvalue weighted by atomic mass is 10.2. The van der Waals surface area contributed by atoms with Gasteiger partial charge in [0.1, 0.15) is 6.61 Å². The molecule has 0 aliphatic rings. The molecule has 0 radical (unpaired) electrons. The highest BCUT2D eigenvalue weighted by Crippen LogP contribution is 2.40. The van der Waals surface area contributed by atoms with Crippen LogP contribution in [-0.4, -0.2) is 48.7 Å². The molecule has 0 aliphatic heterocycles. The van der Waals surface area contributed by atoms with Gasteiger partial charge in [0.2, 0.25) is 9.84 Å². The number of nitro groups is 1. The zero-order chi connectivity index (χ0) is 27.0. The fourth-order valence-electron chi connectivity index (χ4n) is 2.84. The Kier molecular flexibility index (Phi) is 8.54. The molecule has 1 aromatic heterocycles. The molecule has 13 nitrogen and oxygen atoms in total. The van der Waals surface area contributed by atoms with Crippen molar-refractivity contribution < 1.29 is 37.1 Å². The number of ether oxygens (including phenoxy) is 4. The first kappa shape index (κ1) is 26.8. The van der Waals surface area contributed by atoms with Gasteiger partial charge in [-0.3, -0.25) is 10.1 Å². The average Bonchev–Trinajstić information content (AvgIpc) is 2.86. The van der Waals surface area contributed by atoms with Crippen LogP contribution in [0.5, 0.6) is 23.3 Å². The third kappa shape index (κ3) is 7.12. The second-order valence-corrected chi connectivity index (χ2v) is 9.15. The first-order valence-corrected chi connectivity index (χ1v) is 12.4. The van der Waals surface area contributed by atoms with Gasteiger partial charge in [-0.1, -0.05) is 30.3 Å². The zero-order valence-electron chi connectivity index (χ0n) is 19.6. The molecule has 2 aromatic carbocycles. The molecule has 192 valence electrons. The number of nitrogens with zero attached hydrogens (tertiary/aromatic N) is 4. The van der Waals surface area contributed by atoms with Crippen LogP contribution in [0.2, 0.25) is 0 Å². The summed E-state index contributed by atoms with van der Waals surface area (Å²) in [6, 6.07) is 15.1. The molecule has 1 heterocycles. The first-order chi connectivity index (χ1) is 17.6. The predicted octanol–water partition coefficient (Wildman–Crippen LogP) is 2.97. The first-order valence-electron chi connectivity index (χ1n) is 10.6. The Bertz CT molecular complexity index is 1460. The van der Waals surface area contributed by atoms with Crippen LogP contribution in [0.25, 0.3) is 0 Å². The lowest BCUT2D eigenvalue weighted by Gasteiger charge is -2.14. The number of hydrogen-bond donors (Lipinski definition) is 0. The van der Waals surface area contributed by atoms with Gasteiger partial charge in [0.05, 0.1) is 23.2 Å². The maximum absolute atomic E-state index is 12.2. The monoisotopic (exact) mass is 528 g/mol. The van der Waals surface area contributed by atoms with E-state index < -0.39 is 49.9 Å². The van der Waals surface area contributed by atoms with E-state index in [9.17, 15) is 28.6 Å². The van der Waals surface area contributed by atoms with E-state index in [4.69, 9.17) is 18.9 Å². The van der Waals surface area contributed by atoms with Crippen molar-refractivity contribution in [3.63, 3.8) is 0 Å². The minimum atomic E-state index is -4.11. The normalized spacial score (nSPS) is 10.7. The summed E-state index contributed by atoms with van der Waals surface area (Å²) in [6.45, 7) is 0.880. The molecule has 0 N–H and O–H groups in total. The van der Waals surface area contributed by atoms with Crippen LogP contribution in [-0.2, 0) is 26.0 Å². The predicted molar refractivity (Wildman–Crippen MR) is 126 cm³/mol. The summed E-state index contributed by atoms with van der Waals surface area (Å²) in [6.07, 6.45) is 0.776. The highest BCUT2D eigenvalue weighted by molar-refractivity contribution is 7.90. The summed E-state index contributed by atoms with van der Waals surface area (Å²) in [7, 11) is -4.11. The summed E-state index contributed by atoms with van der Waals surface area (Å²) in [4.78, 5) is 29.9. The van der Waals surface area contributed by atoms with Crippen LogP contribution in [0.15, 0.2) is 53.7 Å². The van der Waals surface area contributed by atoms with E-state index in [1.165, 1.54) is 18.2 Å². The van der Waals surface area contributed by atoms with Gasteiger partial charge in [-0.15, -0.1) is 0 Å². The number of aromatic nitrogens is 2. The number of rotatable bonds is 11. The van der Waals surface area contributed by atoms with Gasteiger partial charge < -0.3 is 18.9 Å². The lowest BCUT2D eigenvalue weighted by Crippen LogP contribution is -2.17. The smallest absolute Gasteiger partial charge is 0.392 e. The largest absolute Gasteiger partial charge is 0.485 e. The Balaban J connectivity index is 2.07. The molecule has 0 bridgehead atoms. The SMILES string of the molecule is CCOC(=O)COc1nc(S(C)(=O)=O)nc(Oc2cc(C#N)ccc2OCc2ccccc2)c1[N+](=O)[O-]. The van der Waals surface area contributed by atoms with Crippen molar-refractivity contribution in [3.8, 4) is 29.3 Å². The number of esters is 1. The molecule has 0 atom stereocenters. The Morgan fingerprint density at radius 1 is 1.08 bits per heavy atom. The molecule has 0 saturated heterocycles. The molecule has 0 saturated carbocycles. The number of carbonyl (C=O) groups excluding carboxylic acids is 1. The number of hydrogen-bond acceptors (Lipinski definition) is 12. The minimum Gasteiger partial charge on any atom is -0.485 e. The lowest BCUT2D eigenvalue weighted by molar-refractivity contribution is -0.387. The third-order valence-corrected chi connectivity index (χ3v) is 5.31. The zero-order valence-corrected chi connectivity index (χ0v) is 20.4. The van der Waals surface area contributed by atoms with E-state index in [1.54, 1.807) is 6.92 Å². The quantitative estimate of drug-likeness (QED) is 0.154. The molecule has 0 unspecified atom stereocenters. The topological polar surface area (TPSA) is 181 Å². The van der Waals surface area contributed by atoms with Gasteiger partial charge in [-0.2, -0.15) is 15.2 Å². The Hall–Kier alpha value is -4.77. The van der Waals surface area contributed by atoms with E-state index in [0.717, 1.165) is 11.8 Å². The van der Waals surface area contributed by atoms with Crippen molar-refractivity contribution in [2.45, 2.75) is 18.7 Å². The molecule has 3 rings (SSSR count). The summed E-state index contributed by atoms with van der Waals surface area (Å²) in [5, 5.41) is 20.4. The fourth-order valence-corrected chi connectivity index (χ4v) is 3.33. The summed E-state index contributed by atoms with van der Waals surface area (Å²) in [5.41, 5.74) is -0.0196. The Morgan fingerprint density at radius 3 is 2.41 bits per heavy atom. The average molecular weight is 528 g/mol. The molecule has 37 heavy (non-hydrogen) atoms. The van der Waals surface area contributed by atoms with Gasteiger partial charge >= 0.3 is 23.4 Å². The van der Waals surface area contributed by atoms with E-state index in [1.807, 2.05) is 36.4 Å². The summed E-state index contributed by atoms with van der Waals surface area (Å²) >= 11 is 0. The number of carbonyl (C=O) groups is 1. The van der Waals surface area contributed by atoms with Gasteiger partial charge in [0, 0.05) is 12.3 Å². The number of benzene rings is 2. The van der Waals surface area contributed by atoms with E-state index in [-0.39, 0.29) is 30.3 Å². The highest BCUT2D eigenvalue weighted by atomic mass is 32.2. The van der Waals surface area contributed by atoms with E-state index in [0.29, 0.717) is 0 Å². The van der Waals surface area contributed by atoms with Crippen LogP contribution >= 0.6 is 0 Å². The van der Waals surface area contributed by atoms with E-state index >= 15 is 0 Å². The number of nitriles is 1. The van der Waals surface area contributed by atoms with Gasteiger partial charge in [-0.25, -0.2) is 13.2 Å². The fraction of sp³-hybridized carbons (Fsp3) is 0.217. The summed E-state index contributed by atoms with van der Waals surface area (Å²) in [5.74, 6) is -2.57. The Labute approximate surface area is 211 Å². The number of sulfone groups is 1. The Morgan fingerprint density at radius 2 is 1.78 bits per heavy atom. The van der Waals surface area contributed by atoms with Crippen molar-refractivity contribution in [1.82, 2.24) is 9.97 Å². The van der Waals surface area contributed by atoms with Crippen molar-refractivity contribution in [3.05, 3.63) is 69.8 Å². The third-order valence-electron chi connectivity index (χ3n) is 4.46. The van der Waals surface area contributed by atoms with Crippen molar-refractivity contribution in [1.29, 1.82) is 5.26 Å². The molecular formula is C23H20N4O9S. The molecule has 0 fully saturated rings. The van der Waals surface area contributed by atoms with Crippen LogP contribution in [0.3, 0.4) is 0 Å². The minimum absolute atomic E-state index is 0.0258. The van der Waals surface area contributed by atoms with E-state index in [2.05, 4.69) is 9.97 Å². The second kappa shape index (κ2) is 11.8. The van der Waals surface area contributed by atoms with Crippen molar-refractivity contribution in [2.24, 2.45) is 0 Å². The highest BCUT2D eigenvalue weighted by Gasteiger charge is 2.32. The van der Waals surface area contributed by atoms with Gasteiger partial charge in [-0.05, 0) is 24.6 Å². The molecule has 3 aromatic rings. The molecule has 0 spiro atoms. The van der Waals surface area contributed by atoms with Gasteiger partial charge in [0.25, 0.3) is 5.16 Å². The molecule has 14 heteroatoms. The van der Waals surface area contributed by atoms with Crippen LogP contribution in [0, 0.1) is 21.4 Å². The maximum Gasteiger partial charge on any atom is 0.392 e. The van der Waals surface area contributed by atoms with Crippen LogP contribution in [0.1, 0.15) is 18.1 Å². The van der Waals surface area contributed by atoms with Crippen molar-refractivity contribution >= 4 is 21.5 Å². The standard InChI is InChI=1S/C23H20N4O9S/c1-3-33-19(28)14-35-21-20(27(29)30)22(26-23(25-21)37(2,31)32)36-18-11-16(12-24)9-10-17(18)34-13-15-7-5-4-6-8-15/h4-11H,3,13-14H2,1-2H3. The van der Waals surface area contributed by atoms with Crippen molar-refractivity contribution in [2.75, 3.05) is 19.5 Å².